The van der Waals surface area contributed by atoms with Crippen LogP contribution in [-0.4, -0.2) is 47.5 Å². The molecule has 2 heterocycles. The Kier molecular flexibility index (Phi) is 6.46. The van der Waals surface area contributed by atoms with Crippen LogP contribution in [0, 0.1) is 5.92 Å². The van der Waals surface area contributed by atoms with Crippen molar-refractivity contribution in [3.8, 4) is 0 Å². The molecule has 2 aromatic rings. The van der Waals surface area contributed by atoms with Gasteiger partial charge in [-0.2, -0.15) is 13.2 Å². The number of aromatic nitrogens is 1. The molecule has 2 amide bonds. The molecule has 1 aliphatic carbocycles. The van der Waals surface area contributed by atoms with Crippen molar-refractivity contribution in [1.82, 2.24) is 15.2 Å². The van der Waals surface area contributed by atoms with Crippen LogP contribution >= 0.6 is 23.2 Å². The van der Waals surface area contributed by atoms with Crippen LogP contribution in [0.25, 0.3) is 0 Å². The van der Waals surface area contributed by atoms with E-state index in [2.05, 4.69) is 15.6 Å². The van der Waals surface area contributed by atoms with Gasteiger partial charge in [0.1, 0.15) is 5.82 Å². The van der Waals surface area contributed by atoms with Gasteiger partial charge in [0.05, 0.1) is 16.0 Å². The molecule has 1 saturated heterocycles. The molecule has 2 unspecified atom stereocenters. The summed E-state index contributed by atoms with van der Waals surface area (Å²) in [7, 11) is 1.10. The number of carbonyl (C=O) groups excluding carboxylic acids is 2. The second-order valence-electron chi connectivity index (χ2n) is 8.32. The maximum atomic E-state index is 13.9. The Balaban J connectivity index is 1.47. The zero-order chi connectivity index (χ0) is 23.9. The number of carbonyl (C=O) groups is 2. The topological polar surface area (TPSA) is 74.3 Å². The van der Waals surface area contributed by atoms with Crippen LogP contribution in [0.1, 0.15) is 29.2 Å². The standard InChI is InChI=1S/C22H21Cl2F3N4O2/c1-31(21(33)13-7-18(32)29-10-13)20(22(25,26)27)12-3-5-17(28-9-12)30-14-6-11-2-4-16(23)19(24)15(11)8-14/h2-5,9,13-14,20H,6-8,10H2,1H3,(H,28,30)(H,29,32)/t13-,14?,20?/m1/s1. The fraction of sp³-hybridized carbons (Fsp3) is 0.409. The van der Waals surface area contributed by atoms with E-state index in [0.29, 0.717) is 33.6 Å². The summed E-state index contributed by atoms with van der Waals surface area (Å²) >= 11 is 12.4. The van der Waals surface area contributed by atoms with Crippen molar-refractivity contribution in [3.63, 3.8) is 0 Å². The monoisotopic (exact) mass is 500 g/mol. The molecule has 1 aromatic heterocycles. The van der Waals surface area contributed by atoms with Crippen molar-refractivity contribution in [3.05, 3.63) is 57.2 Å². The van der Waals surface area contributed by atoms with Gasteiger partial charge in [-0.15, -0.1) is 0 Å². The van der Waals surface area contributed by atoms with E-state index < -0.39 is 24.0 Å². The molecule has 11 heteroatoms. The van der Waals surface area contributed by atoms with Crippen LogP contribution in [0.2, 0.25) is 10.0 Å². The van der Waals surface area contributed by atoms with Gasteiger partial charge in [-0.05, 0) is 36.1 Å². The van der Waals surface area contributed by atoms with E-state index in [1.807, 2.05) is 6.07 Å². The minimum Gasteiger partial charge on any atom is -0.367 e. The number of benzene rings is 1. The average molecular weight is 501 g/mol. The van der Waals surface area contributed by atoms with Gasteiger partial charge in [0, 0.05) is 37.8 Å². The fourth-order valence-corrected chi connectivity index (χ4v) is 4.86. The van der Waals surface area contributed by atoms with Crippen LogP contribution < -0.4 is 10.6 Å². The molecular weight excluding hydrogens is 480 g/mol. The first kappa shape index (κ1) is 23.6. The molecule has 0 bridgehead atoms. The highest BCUT2D eigenvalue weighted by Crippen LogP contribution is 2.38. The highest BCUT2D eigenvalue weighted by atomic mass is 35.5. The zero-order valence-corrected chi connectivity index (χ0v) is 19.1. The highest BCUT2D eigenvalue weighted by Gasteiger charge is 2.47. The Labute approximate surface area is 198 Å². The van der Waals surface area contributed by atoms with E-state index in [1.54, 1.807) is 6.07 Å². The van der Waals surface area contributed by atoms with Gasteiger partial charge in [-0.1, -0.05) is 35.3 Å². The number of anilines is 1. The highest BCUT2D eigenvalue weighted by molar-refractivity contribution is 6.42. The van der Waals surface area contributed by atoms with Gasteiger partial charge < -0.3 is 15.5 Å². The lowest BCUT2D eigenvalue weighted by molar-refractivity contribution is -0.190. The molecule has 0 spiro atoms. The number of fused-ring (bicyclic) bond motifs is 1. The SMILES string of the molecule is CN(C(=O)[C@H]1CNC(=O)C1)C(c1ccc(NC2Cc3ccc(Cl)c(Cl)c3C2)nc1)C(F)(F)F. The fourth-order valence-electron chi connectivity index (χ4n) is 4.42. The van der Waals surface area contributed by atoms with Gasteiger partial charge in [-0.25, -0.2) is 4.98 Å². The van der Waals surface area contributed by atoms with E-state index in [-0.39, 0.29) is 30.5 Å². The summed E-state index contributed by atoms with van der Waals surface area (Å²) < 4.78 is 41.7. The van der Waals surface area contributed by atoms with Crippen molar-refractivity contribution in [2.45, 2.75) is 37.5 Å². The Morgan fingerprint density at radius 2 is 1.97 bits per heavy atom. The van der Waals surface area contributed by atoms with Crippen LogP contribution in [0.5, 0.6) is 0 Å². The number of nitrogens with zero attached hydrogens (tertiary/aromatic N) is 2. The summed E-state index contributed by atoms with van der Waals surface area (Å²) in [4.78, 5) is 28.8. The molecule has 0 radical (unpaired) electrons. The molecule has 1 aliphatic heterocycles. The smallest absolute Gasteiger partial charge is 0.367 e. The first-order chi connectivity index (χ1) is 15.5. The van der Waals surface area contributed by atoms with Gasteiger partial charge >= 0.3 is 6.18 Å². The number of rotatable bonds is 5. The Bertz CT molecular complexity index is 1080. The quantitative estimate of drug-likeness (QED) is 0.646. The zero-order valence-electron chi connectivity index (χ0n) is 17.5. The van der Waals surface area contributed by atoms with E-state index in [4.69, 9.17) is 23.2 Å². The van der Waals surface area contributed by atoms with Gasteiger partial charge in [0.15, 0.2) is 6.04 Å². The summed E-state index contributed by atoms with van der Waals surface area (Å²) in [5.74, 6) is -1.48. The first-order valence-corrected chi connectivity index (χ1v) is 11.1. The van der Waals surface area contributed by atoms with Gasteiger partial charge in [-0.3, -0.25) is 9.59 Å². The van der Waals surface area contributed by atoms with Crippen molar-refractivity contribution < 1.29 is 22.8 Å². The predicted octanol–water partition coefficient (Wildman–Crippen LogP) is 4.17. The molecule has 0 saturated carbocycles. The van der Waals surface area contributed by atoms with Crippen LogP contribution in [0.4, 0.5) is 19.0 Å². The summed E-state index contributed by atoms with van der Waals surface area (Å²) in [6.45, 7) is 0.0344. The Morgan fingerprint density at radius 3 is 2.58 bits per heavy atom. The molecule has 1 aromatic carbocycles. The predicted molar refractivity (Wildman–Crippen MR) is 118 cm³/mol. The lowest BCUT2D eigenvalue weighted by Crippen LogP contribution is -2.43. The summed E-state index contributed by atoms with van der Waals surface area (Å²) in [5.41, 5.74) is 1.86. The molecular formula is C22H21Cl2F3N4O2. The lowest BCUT2D eigenvalue weighted by atomic mass is 10.0. The summed E-state index contributed by atoms with van der Waals surface area (Å²) in [6.07, 6.45) is -2.40. The molecule has 4 rings (SSSR count). The molecule has 2 N–H and O–H groups in total. The number of hydrogen-bond acceptors (Lipinski definition) is 4. The van der Waals surface area contributed by atoms with Gasteiger partial charge in [0.2, 0.25) is 11.8 Å². The largest absolute Gasteiger partial charge is 0.413 e. The third-order valence-electron chi connectivity index (χ3n) is 6.04. The third kappa shape index (κ3) is 4.89. The van der Waals surface area contributed by atoms with Crippen LogP contribution in [-0.2, 0) is 22.4 Å². The van der Waals surface area contributed by atoms with Gasteiger partial charge in [0.25, 0.3) is 0 Å². The van der Waals surface area contributed by atoms with E-state index in [1.165, 1.54) is 12.1 Å². The minimum atomic E-state index is -4.71. The third-order valence-corrected chi connectivity index (χ3v) is 6.88. The number of pyridine rings is 1. The van der Waals surface area contributed by atoms with E-state index >= 15 is 0 Å². The molecule has 1 fully saturated rings. The van der Waals surface area contributed by atoms with E-state index in [9.17, 15) is 22.8 Å². The summed E-state index contributed by atoms with van der Waals surface area (Å²) in [6, 6.07) is 4.23. The number of nitrogens with one attached hydrogen (secondary N) is 2. The van der Waals surface area contributed by atoms with Crippen LogP contribution in [0.15, 0.2) is 30.5 Å². The van der Waals surface area contributed by atoms with Crippen LogP contribution in [0.3, 0.4) is 0 Å². The van der Waals surface area contributed by atoms with E-state index in [0.717, 1.165) is 24.4 Å². The lowest BCUT2D eigenvalue weighted by Gasteiger charge is -2.31. The normalized spacial score (nSPS) is 20.8. The second kappa shape index (κ2) is 9.02. The number of halogens is 5. The van der Waals surface area contributed by atoms with Crippen molar-refractivity contribution in [2.24, 2.45) is 5.92 Å². The summed E-state index contributed by atoms with van der Waals surface area (Å²) in [5, 5.41) is 6.69. The molecule has 3 atom stereocenters. The molecule has 33 heavy (non-hydrogen) atoms. The maximum absolute atomic E-state index is 13.9. The number of alkyl halides is 3. The number of amides is 2. The second-order valence-corrected chi connectivity index (χ2v) is 9.11. The van der Waals surface area contributed by atoms with Crippen molar-refractivity contribution >= 4 is 40.8 Å². The minimum absolute atomic E-state index is 0.0237. The molecule has 2 aliphatic rings. The van der Waals surface area contributed by atoms with Crippen molar-refractivity contribution in [1.29, 1.82) is 0 Å². The molecule has 6 nitrogen and oxygen atoms in total. The molecule has 176 valence electrons. The first-order valence-electron chi connectivity index (χ1n) is 10.3. The Morgan fingerprint density at radius 1 is 1.21 bits per heavy atom. The van der Waals surface area contributed by atoms with Crippen molar-refractivity contribution in [2.75, 3.05) is 18.9 Å². The Hall–Kier alpha value is -2.52. The average Bonchev–Trinajstić information content (AvgIpc) is 3.37. The number of hydrogen-bond donors (Lipinski definition) is 2. The maximum Gasteiger partial charge on any atom is 0.413 e.